The minimum Gasteiger partial charge on any atom is -0.323 e. The summed E-state index contributed by atoms with van der Waals surface area (Å²) < 4.78 is 0. The molecule has 0 spiro atoms. The lowest BCUT2D eigenvalue weighted by Gasteiger charge is -2.19. The fraction of sp³-hybridized carbons (Fsp3) is 0.185. The Labute approximate surface area is 189 Å². The first-order chi connectivity index (χ1) is 15.3. The number of carbonyl (C=O) groups excluding carboxylic acids is 2. The van der Waals surface area contributed by atoms with E-state index >= 15 is 0 Å². The SMILES string of the molecule is CC(C)(C)c1ccc(NC(=O)C=Cc2ccc(C(=O)NOCc3ccccc3)cc2)cc1. The number of anilines is 1. The Morgan fingerprint density at radius 3 is 2.16 bits per heavy atom. The van der Waals surface area contributed by atoms with Crippen LogP contribution in [0.25, 0.3) is 6.08 Å². The summed E-state index contributed by atoms with van der Waals surface area (Å²) in [5, 5.41) is 2.85. The lowest BCUT2D eigenvalue weighted by molar-refractivity contribution is -0.111. The zero-order valence-electron chi connectivity index (χ0n) is 18.6. The molecule has 0 bridgehead atoms. The Kier molecular flexibility index (Phi) is 7.58. The quantitative estimate of drug-likeness (QED) is 0.386. The molecule has 3 rings (SSSR count). The first-order valence-electron chi connectivity index (χ1n) is 10.5. The number of nitrogens with one attached hydrogen (secondary N) is 2. The third-order valence-corrected chi connectivity index (χ3v) is 4.87. The maximum Gasteiger partial charge on any atom is 0.274 e. The first kappa shape index (κ1) is 23.0. The molecule has 0 saturated carbocycles. The highest BCUT2D eigenvalue weighted by Gasteiger charge is 2.13. The number of hydrogen-bond acceptors (Lipinski definition) is 3. The summed E-state index contributed by atoms with van der Waals surface area (Å²) in [7, 11) is 0. The lowest BCUT2D eigenvalue weighted by Crippen LogP contribution is -2.23. The minimum atomic E-state index is -0.326. The van der Waals surface area contributed by atoms with Gasteiger partial charge in [0, 0.05) is 17.3 Å². The van der Waals surface area contributed by atoms with Crippen molar-refractivity contribution in [2.24, 2.45) is 0 Å². The van der Waals surface area contributed by atoms with Crippen molar-refractivity contribution in [2.45, 2.75) is 32.8 Å². The van der Waals surface area contributed by atoms with Crippen molar-refractivity contribution in [1.29, 1.82) is 0 Å². The second kappa shape index (κ2) is 10.6. The van der Waals surface area contributed by atoms with Gasteiger partial charge < -0.3 is 5.32 Å². The number of hydrogen-bond donors (Lipinski definition) is 2. The van der Waals surface area contributed by atoms with Crippen LogP contribution in [-0.2, 0) is 21.7 Å². The molecule has 0 fully saturated rings. The zero-order valence-corrected chi connectivity index (χ0v) is 18.6. The summed E-state index contributed by atoms with van der Waals surface area (Å²) in [5.74, 6) is -0.544. The van der Waals surface area contributed by atoms with Gasteiger partial charge in [-0.2, -0.15) is 0 Å². The molecular formula is C27H28N2O3. The van der Waals surface area contributed by atoms with Crippen molar-refractivity contribution in [1.82, 2.24) is 5.48 Å². The van der Waals surface area contributed by atoms with Crippen LogP contribution in [0.2, 0.25) is 0 Å². The minimum absolute atomic E-state index is 0.0690. The molecule has 164 valence electrons. The number of hydroxylamine groups is 1. The van der Waals surface area contributed by atoms with Crippen molar-refractivity contribution >= 4 is 23.6 Å². The highest BCUT2D eigenvalue weighted by Crippen LogP contribution is 2.23. The second-order valence-corrected chi connectivity index (χ2v) is 8.48. The van der Waals surface area contributed by atoms with E-state index < -0.39 is 0 Å². The van der Waals surface area contributed by atoms with Gasteiger partial charge in [-0.05, 0) is 52.4 Å². The zero-order chi connectivity index (χ0) is 23.0. The van der Waals surface area contributed by atoms with Crippen LogP contribution in [0.15, 0.2) is 84.9 Å². The van der Waals surface area contributed by atoms with E-state index in [1.54, 1.807) is 30.3 Å². The maximum atomic E-state index is 12.2. The molecular weight excluding hydrogens is 400 g/mol. The van der Waals surface area contributed by atoms with Crippen LogP contribution in [0, 0.1) is 0 Å². The summed E-state index contributed by atoms with van der Waals surface area (Å²) >= 11 is 0. The number of carbonyl (C=O) groups is 2. The van der Waals surface area contributed by atoms with Gasteiger partial charge in [0.2, 0.25) is 5.91 Å². The Morgan fingerprint density at radius 2 is 1.53 bits per heavy atom. The molecule has 0 aliphatic rings. The van der Waals surface area contributed by atoms with E-state index in [9.17, 15) is 9.59 Å². The van der Waals surface area contributed by atoms with Gasteiger partial charge in [0.05, 0.1) is 6.61 Å². The Balaban J connectivity index is 1.48. The Morgan fingerprint density at radius 1 is 0.875 bits per heavy atom. The molecule has 0 radical (unpaired) electrons. The summed E-state index contributed by atoms with van der Waals surface area (Å²) in [6.07, 6.45) is 3.17. The maximum absolute atomic E-state index is 12.2. The molecule has 0 aliphatic heterocycles. The molecule has 0 atom stereocenters. The fourth-order valence-corrected chi connectivity index (χ4v) is 2.97. The average Bonchev–Trinajstić information content (AvgIpc) is 2.78. The molecule has 3 aromatic rings. The van der Waals surface area contributed by atoms with Crippen LogP contribution in [0.1, 0.15) is 47.8 Å². The summed E-state index contributed by atoms with van der Waals surface area (Å²) in [6.45, 7) is 6.74. The van der Waals surface area contributed by atoms with Crippen molar-refractivity contribution in [3.05, 3.63) is 107 Å². The molecule has 5 nitrogen and oxygen atoms in total. The Hall–Kier alpha value is -3.70. The number of amides is 2. The van der Waals surface area contributed by atoms with Crippen LogP contribution in [-0.4, -0.2) is 11.8 Å². The lowest BCUT2D eigenvalue weighted by atomic mass is 9.87. The van der Waals surface area contributed by atoms with Gasteiger partial charge in [-0.3, -0.25) is 14.4 Å². The predicted octanol–water partition coefficient (Wildman–Crippen LogP) is 5.50. The standard InChI is InChI=1S/C27H28N2O3/c1-27(2,3)23-14-16-24(17-15-23)28-25(30)18-11-20-9-12-22(13-10-20)26(31)29-32-19-21-7-5-4-6-8-21/h4-18H,19H2,1-3H3,(H,28,30)(H,29,31). The third kappa shape index (κ3) is 6.93. The molecule has 32 heavy (non-hydrogen) atoms. The highest BCUT2D eigenvalue weighted by molar-refractivity contribution is 6.02. The van der Waals surface area contributed by atoms with Crippen LogP contribution in [0.4, 0.5) is 5.69 Å². The third-order valence-electron chi connectivity index (χ3n) is 4.87. The summed E-state index contributed by atoms with van der Waals surface area (Å²) in [4.78, 5) is 29.6. The van der Waals surface area contributed by atoms with Crippen LogP contribution < -0.4 is 10.8 Å². The molecule has 5 heteroatoms. The van der Waals surface area contributed by atoms with Crippen LogP contribution in [0.3, 0.4) is 0 Å². The summed E-state index contributed by atoms with van der Waals surface area (Å²) in [6, 6.07) is 24.3. The van der Waals surface area contributed by atoms with E-state index in [1.807, 2.05) is 54.6 Å². The molecule has 0 aliphatic carbocycles. The van der Waals surface area contributed by atoms with Gasteiger partial charge in [-0.25, -0.2) is 5.48 Å². The normalized spacial score (nSPS) is 11.3. The van der Waals surface area contributed by atoms with E-state index in [4.69, 9.17) is 4.84 Å². The Bertz CT molecular complexity index is 1060. The van der Waals surface area contributed by atoms with E-state index in [-0.39, 0.29) is 17.2 Å². The van der Waals surface area contributed by atoms with Gasteiger partial charge >= 0.3 is 0 Å². The van der Waals surface area contributed by atoms with Crippen LogP contribution >= 0.6 is 0 Å². The van der Waals surface area contributed by atoms with Crippen molar-refractivity contribution in [2.75, 3.05) is 5.32 Å². The van der Waals surface area contributed by atoms with Crippen LogP contribution in [0.5, 0.6) is 0 Å². The van der Waals surface area contributed by atoms with E-state index in [0.29, 0.717) is 12.2 Å². The predicted molar refractivity (Wildman–Crippen MR) is 128 cm³/mol. The fourth-order valence-electron chi connectivity index (χ4n) is 2.97. The molecule has 0 unspecified atom stereocenters. The van der Waals surface area contributed by atoms with E-state index in [1.165, 1.54) is 11.6 Å². The van der Waals surface area contributed by atoms with Gasteiger partial charge in [0.25, 0.3) is 5.91 Å². The van der Waals surface area contributed by atoms with Gasteiger partial charge in [0.15, 0.2) is 0 Å². The molecule has 2 amide bonds. The highest BCUT2D eigenvalue weighted by atomic mass is 16.6. The molecule has 3 aromatic carbocycles. The molecule has 2 N–H and O–H groups in total. The average molecular weight is 429 g/mol. The van der Waals surface area contributed by atoms with Crippen molar-refractivity contribution in [3.8, 4) is 0 Å². The number of benzene rings is 3. The van der Waals surface area contributed by atoms with Gasteiger partial charge in [-0.1, -0.05) is 75.4 Å². The molecule has 0 saturated heterocycles. The van der Waals surface area contributed by atoms with Gasteiger partial charge in [-0.15, -0.1) is 0 Å². The molecule has 0 heterocycles. The van der Waals surface area contributed by atoms with E-state index in [0.717, 1.165) is 16.8 Å². The van der Waals surface area contributed by atoms with Gasteiger partial charge in [0.1, 0.15) is 0 Å². The second-order valence-electron chi connectivity index (χ2n) is 8.48. The topological polar surface area (TPSA) is 67.4 Å². The summed E-state index contributed by atoms with van der Waals surface area (Å²) in [5.41, 5.74) is 6.71. The monoisotopic (exact) mass is 428 g/mol. The smallest absolute Gasteiger partial charge is 0.274 e. The molecule has 0 aromatic heterocycles. The van der Waals surface area contributed by atoms with E-state index in [2.05, 4.69) is 31.6 Å². The number of rotatable bonds is 7. The van der Waals surface area contributed by atoms with Crippen molar-refractivity contribution in [3.63, 3.8) is 0 Å². The first-order valence-corrected chi connectivity index (χ1v) is 10.5. The van der Waals surface area contributed by atoms with Crippen molar-refractivity contribution < 1.29 is 14.4 Å². The largest absolute Gasteiger partial charge is 0.323 e.